The van der Waals surface area contributed by atoms with E-state index < -0.39 is 47.0 Å². The Morgan fingerprint density at radius 2 is 1.76 bits per heavy atom. The molecule has 1 aliphatic rings. The first-order valence-electron chi connectivity index (χ1n) is 9.15. The van der Waals surface area contributed by atoms with Crippen molar-refractivity contribution in [3.8, 4) is 0 Å². The molecule has 5 atom stereocenters. The van der Waals surface area contributed by atoms with Gasteiger partial charge in [-0.25, -0.2) is 0 Å². The van der Waals surface area contributed by atoms with Gasteiger partial charge in [-0.15, -0.1) is 0 Å². The van der Waals surface area contributed by atoms with E-state index in [-0.39, 0.29) is 6.61 Å². The normalized spacial score (nSPS) is 25.7. The van der Waals surface area contributed by atoms with Crippen molar-refractivity contribution in [2.24, 2.45) is 0 Å². The fourth-order valence-corrected chi connectivity index (χ4v) is 3.87. The van der Waals surface area contributed by atoms with Crippen LogP contribution in [-0.4, -0.2) is 35.0 Å². The molecule has 156 valence electrons. The third kappa shape index (κ3) is 4.42. The van der Waals surface area contributed by atoms with Gasteiger partial charge in [0.05, 0.1) is 17.5 Å². The summed E-state index contributed by atoms with van der Waals surface area (Å²) in [4.78, 5) is 11.5. The SMILES string of the molecule is CCOC(O)[C@H]1N[C@@H](c2ccc(C(F)(F)F)cc2)[C@@H]([N+](=O)[O-])[C@@H]1c1ccccc1. The van der Waals surface area contributed by atoms with E-state index >= 15 is 0 Å². The van der Waals surface area contributed by atoms with E-state index in [9.17, 15) is 28.4 Å². The molecule has 2 N–H and O–H groups in total. The summed E-state index contributed by atoms with van der Waals surface area (Å²) in [6.07, 6.45) is -5.81. The molecule has 0 bridgehead atoms. The van der Waals surface area contributed by atoms with Crippen molar-refractivity contribution in [1.82, 2.24) is 5.32 Å². The van der Waals surface area contributed by atoms with Crippen LogP contribution in [0.1, 0.15) is 35.6 Å². The molecule has 6 nitrogen and oxygen atoms in total. The minimum absolute atomic E-state index is 0.203. The summed E-state index contributed by atoms with van der Waals surface area (Å²) < 4.78 is 43.9. The number of benzene rings is 2. The molecule has 29 heavy (non-hydrogen) atoms. The van der Waals surface area contributed by atoms with Gasteiger partial charge in [-0.2, -0.15) is 13.2 Å². The molecule has 3 rings (SSSR count). The number of alkyl halides is 3. The number of halogens is 3. The quantitative estimate of drug-likeness (QED) is 0.433. The number of hydrogen-bond acceptors (Lipinski definition) is 5. The molecule has 1 fully saturated rings. The first-order valence-corrected chi connectivity index (χ1v) is 9.15. The summed E-state index contributed by atoms with van der Waals surface area (Å²) in [6.45, 7) is 1.89. The molecular formula is C20H21F3N2O4. The third-order valence-electron chi connectivity index (χ3n) is 5.14. The highest BCUT2D eigenvalue weighted by molar-refractivity contribution is 5.33. The van der Waals surface area contributed by atoms with Crippen LogP contribution in [0.25, 0.3) is 0 Å². The molecule has 0 aromatic heterocycles. The zero-order valence-corrected chi connectivity index (χ0v) is 15.5. The lowest BCUT2D eigenvalue weighted by atomic mass is 9.85. The van der Waals surface area contributed by atoms with Crippen LogP contribution < -0.4 is 5.32 Å². The topological polar surface area (TPSA) is 84.6 Å². The van der Waals surface area contributed by atoms with E-state index in [0.29, 0.717) is 11.1 Å². The van der Waals surface area contributed by atoms with E-state index in [1.165, 1.54) is 12.1 Å². The van der Waals surface area contributed by atoms with Crippen LogP contribution in [0.3, 0.4) is 0 Å². The number of aliphatic hydroxyl groups excluding tert-OH is 1. The van der Waals surface area contributed by atoms with Gasteiger partial charge in [-0.1, -0.05) is 42.5 Å². The maximum Gasteiger partial charge on any atom is 0.416 e. The van der Waals surface area contributed by atoms with Gasteiger partial charge >= 0.3 is 6.18 Å². The summed E-state index contributed by atoms with van der Waals surface area (Å²) in [6, 6.07) is 10.1. The number of nitro groups is 1. The first kappa shape index (κ1) is 21.2. The summed E-state index contributed by atoms with van der Waals surface area (Å²) in [5, 5.41) is 25.5. The lowest BCUT2D eigenvalue weighted by Gasteiger charge is -2.24. The monoisotopic (exact) mass is 410 g/mol. The largest absolute Gasteiger partial charge is 0.416 e. The van der Waals surface area contributed by atoms with Gasteiger partial charge in [-0.3, -0.25) is 15.4 Å². The van der Waals surface area contributed by atoms with Gasteiger partial charge in [0.1, 0.15) is 6.04 Å². The molecule has 0 saturated carbocycles. The highest BCUT2D eigenvalue weighted by Crippen LogP contribution is 2.42. The van der Waals surface area contributed by atoms with Crippen molar-refractivity contribution >= 4 is 0 Å². The molecule has 0 spiro atoms. The number of aliphatic hydroxyl groups is 1. The lowest BCUT2D eigenvalue weighted by molar-refractivity contribution is -0.527. The Balaban J connectivity index is 2.02. The highest BCUT2D eigenvalue weighted by atomic mass is 19.4. The molecule has 0 amide bonds. The Morgan fingerprint density at radius 1 is 1.14 bits per heavy atom. The molecule has 0 radical (unpaired) electrons. The second-order valence-electron chi connectivity index (χ2n) is 6.85. The van der Waals surface area contributed by atoms with E-state index in [2.05, 4.69) is 5.32 Å². The van der Waals surface area contributed by atoms with Gasteiger partial charge in [-0.05, 0) is 30.2 Å². The molecule has 9 heteroatoms. The van der Waals surface area contributed by atoms with Gasteiger partial charge in [0.15, 0.2) is 6.29 Å². The summed E-state index contributed by atoms with van der Waals surface area (Å²) in [5.74, 6) is -0.736. The molecule has 0 aliphatic carbocycles. The molecule has 2 aromatic carbocycles. The fourth-order valence-electron chi connectivity index (χ4n) is 3.87. The van der Waals surface area contributed by atoms with Crippen molar-refractivity contribution in [3.05, 3.63) is 81.4 Å². The Labute approximate surface area is 165 Å². The number of nitrogens with zero attached hydrogens (tertiary/aromatic N) is 1. The molecule has 1 saturated heterocycles. The van der Waals surface area contributed by atoms with Crippen LogP contribution >= 0.6 is 0 Å². The molecule has 1 unspecified atom stereocenters. The number of nitrogens with one attached hydrogen (secondary N) is 1. The van der Waals surface area contributed by atoms with Gasteiger partial charge in [0.25, 0.3) is 0 Å². The second-order valence-corrected chi connectivity index (χ2v) is 6.85. The predicted molar refractivity (Wildman–Crippen MR) is 98.7 cm³/mol. The van der Waals surface area contributed by atoms with E-state index in [1.54, 1.807) is 37.3 Å². The van der Waals surface area contributed by atoms with Crippen molar-refractivity contribution in [2.45, 2.75) is 43.4 Å². The van der Waals surface area contributed by atoms with E-state index in [4.69, 9.17) is 4.74 Å². The number of rotatable bonds is 6. The van der Waals surface area contributed by atoms with E-state index in [0.717, 1.165) is 12.1 Å². The predicted octanol–water partition coefficient (Wildman–Crippen LogP) is 3.50. The van der Waals surface area contributed by atoms with Crippen molar-refractivity contribution in [3.63, 3.8) is 0 Å². The summed E-state index contributed by atoms with van der Waals surface area (Å²) >= 11 is 0. The Hall–Kier alpha value is -2.49. The van der Waals surface area contributed by atoms with Crippen molar-refractivity contribution in [2.75, 3.05) is 6.61 Å². The first-order chi connectivity index (χ1) is 13.7. The smallest absolute Gasteiger partial charge is 0.367 e. The Kier molecular flexibility index (Phi) is 6.21. The molecular weight excluding hydrogens is 389 g/mol. The van der Waals surface area contributed by atoms with Crippen LogP contribution in [-0.2, 0) is 10.9 Å². The van der Waals surface area contributed by atoms with Crippen LogP contribution in [0.2, 0.25) is 0 Å². The third-order valence-corrected chi connectivity index (χ3v) is 5.14. The number of hydrogen-bond donors (Lipinski definition) is 2. The van der Waals surface area contributed by atoms with Crippen LogP contribution in [0.15, 0.2) is 54.6 Å². The number of ether oxygens (including phenoxy) is 1. The molecule has 2 aromatic rings. The van der Waals surface area contributed by atoms with Crippen LogP contribution in [0, 0.1) is 10.1 Å². The van der Waals surface area contributed by atoms with Crippen molar-refractivity contribution in [1.29, 1.82) is 0 Å². The molecule has 1 aliphatic heterocycles. The van der Waals surface area contributed by atoms with Gasteiger partial charge in [0, 0.05) is 11.5 Å². The van der Waals surface area contributed by atoms with E-state index in [1.807, 2.05) is 0 Å². The fraction of sp³-hybridized carbons (Fsp3) is 0.400. The summed E-state index contributed by atoms with van der Waals surface area (Å²) in [7, 11) is 0. The van der Waals surface area contributed by atoms with Crippen LogP contribution in [0.5, 0.6) is 0 Å². The van der Waals surface area contributed by atoms with Gasteiger partial charge in [0.2, 0.25) is 6.04 Å². The lowest BCUT2D eigenvalue weighted by Crippen LogP contribution is -2.41. The zero-order chi connectivity index (χ0) is 21.2. The van der Waals surface area contributed by atoms with Gasteiger partial charge < -0.3 is 9.84 Å². The maximum atomic E-state index is 12.9. The highest BCUT2D eigenvalue weighted by Gasteiger charge is 2.54. The average Bonchev–Trinajstić information content (AvgIpc) is 3.09. The minimum atomic E-state index is -4.50. The second kappa shape index (κ2) is 8.48. The van der Waals surface area contributed by atoms with Crippen LogP contribution in [0.4, 0.5) is 13.2 Å². The average molecular weight is 410 g/mol. The minimum Gasteiger partial charge on any atom is -0.367 e. The zero-order valence-electron chi connectivity index (χ0n) is 15.5. The van der Waals surface area contributed by atoms with Crippen molar-refractivity contribution < 1.29 is 27.9 Å². The summed E-state index contributed by atoms with van der Waals surface area (Å²) in [5.41, 5.74) is 0.147. The Morgan fingerprint density at radius 3 is 2.28 bits per heavy atom. The maximum absolute atomic E-state index is 12.9. The standard InChI is InChI=1S/C20H21F3N2O4/c1-2-29-19(26)17-15(12-6-4-3-5-7-12)18(25(27)28)16(24-17)13-8-10-14(11-9-13)20(21,22)23/h3-11,15-19,24,26H,2H2,1H3/t15-,16+,17+,18+,19?/m1/s1. The molecule has 1 heterocycles. The Bertz CT molecular complexity index is 830.